The molecule has 0 spiro atoms. The van der Waals surface area contributed by atoms with E-state index in [2.05, 4.69) is 6.58 Å². The molecule has 0 aromatic carbocycles. The van der Waals surface area contributed by atoms with Gasteiger partial charge in [-0.3, -0.25) is 13.8 Å². The van der Waals surface area contributed by atoms with Gasteiger partial charge in [0.2, 0.25) is 0 Å². The molecule has 3 fully saturated rings. The second-order valence-electron chi connectivity index (χ2n) is 5.98. The first kappa shape index (κ1) is 16.0. The highest BCUT2D eigenvalue weighted by atomic mass is 32.2. The summed E-state index contributed by atoms with van der Waals surface area (Å²) in [4.78, 5) is 23.3. The summed E-state index contributed by atoms with van der Waals surface area (Å²) in [6.07, 6.45) is 0.269. The lowest BCUT2D eigenvalue weighted by Gasteiger charge is -2.23. The SMILES string of the molecule is C=C(C)C(=O)CCCC(=O)OC1C2CC3C(S2)C1OS3(=O)=O. The monoisotopic (exact) mass is 346 g/mol. The molecule has 0 saturated carbocycles. The lowest BCUT2D eigenvalue weighted by Crippen LogP contribution is -2.41. The van der Waals surface area contributed by atoms with Crippen LogP contribution in [0.25, 0.3) is 0 Å². The number of fused-ring (bicyclic) bond motifs is 1. The second kappa shape index (κ2) is 5.65. The Kier molecular flexibility index (Phi) is 4.11. The molecule has 0 aliphatic carbocycles. The highest BCUT2D eigenvalue weighted by Crippen LogP contribution is 2.55. The van der Waals surface area contributed by atoms with Crippen molar-refractivity contribution < 1.29 is 26.9 Å². The van der Waals surface area contributed by atoms with Crippen LogP contribution in [0.5, 0.6) is 0 Å². The summed E-state index contributed by atoms with van der Waals surface area (Å²) in [5.74, 6) is -0.464. The van der Waals surface area contributed by atoms with Crippen molar-refractivity contribution in [3.63, 3.8) is 0 Å². The van der Waals surface area contributed by atoms with E-state index < -0.39 is 33.5 Å². The maximum Gasteiger partial charge on any atom is 0.306 e. The normalized spacial score (nSPS) is 37.2. The molecule has 3 rings (SSSR count). The van der Waals surface area contributed by atoms with Crippen LogP contribution in [0, 0.1) is 0 Å². The minimum atomic E-state index is -3.50. The van der Waals surface area contributed by atoms with Crippen molar-refractivity contribution in [1.29, 1.82) is 0 Å². The maximum atomic E-state index is 11.9. The average molecular weight is 346 g/mol. The third-order valence-electron chi connectivity index (χ3n) is 4.32. The second-order valence-corrected chi connectivity index (χ2v) is 9.18. The number of esters is 1. The first-order valence-electron chi connectivity index (χ1n) is 7.25. The standard InChI is InChI=1S/C14H18O6S2/c1-7(2)8(15)4-3-5-11(16)19-12-9-6-10-14(21-9)13(12)20-22(10,17)18/h9-10,12-14H,1,3-6H2,2H3. The molecule has 22 heavy (non-hydrogen) atoms. The number of hydrogen-bond acceptors (Lipinski definition) is 7. The minimum absolute atomic E-state index is 0.00160. The summed E-state index contributed by atoms with van der Waals surface area (Å²) in [5.41, 5.74) is 0.480. The van der Waals surface area contributed by atoms with Gasteiger partial charge in [-0.2, -0.15) is 8.42 Å². The van der Waals surface area contributed by atoms with E-state index in [1.54, 1.807) is 18.7 Å². The van der Waals surface area contributed by atoms with Crippen LogP contribution in [-0.4, -0.2) is 48.1 Å². The van der Waals surface area contributed by atoms with Crippen LogP contribution < -0.4 is 0 Å². The Labute approximate surface area is 133 Å². The summed E-state index contributed by atoms with van der Waals surface area (Å²) in [6.45, 7) is 5.20. The van der Waals surface area contributed by atoms with Gasteiger partial charge in [-0.05, 0) is 25.3 Å². The van der Waals surface area contributed by atoms with Crippen LogP contribution in [0.15, 0.2) is 12.2 Å². The molecule has 3 heterocycles. The van der Waals surface area contributed by atoms with Crippen LogP contribution in [0.1, 0.15) is 32.6 Å². The van der Waals surface area contributed by atoms with Gasteiger partial charge in [0.05, 0.1) is 5.25 Å². The molecule has 2 bridgehead atoms. The van der Waals surface area contributed by atoms with Crippen molar-refractivity contribution in [3.05, 3.63) is 12.2 Å². The molecule has 0 N–H and O–H groups in total. The van der Waals surface area contributed by atoms with Gasteiger partial charge in [-0.15, -0.1) is 11.8 Å². The highest BCUT2D eigenvalue weighted by Gasteiger charge is 2.66. The lowest BCUT2D eigenvalue weighted by atomic mass is 9.94. The van der Waals surface area contributed by atoms with Gasteiger partial charge in [-0.1, -0.05) is 6.58 Å². The van der Waals surface area contributed by atoms with Gasteiger partial charge in [0.15, 0.2) is 5.78 Å². The zero-order chi connectivity index (χ0) is 16.1. The zero-order valence-electron chi connectivity index (χ0n) is 12.2. The highest BCUT2D eigenvalue weighted by molar-refractivity contribution is 8.03. The Morgan fingerprint density at radius 1 is 1.36 bits per heavy atom. The van der Waals surface area contributed by atoms with Gasteiger partial charge < -0.3 is 4.74 Å². The van der Waals surface area contributed by atoms with Gasteiger partial charge in [0, 0.05) is 18.1 Å². The molecular formula is C14H18O6S2. The average Bonchev–Trinajstić information content (AvgIpc) is 3.02. The first-order chi connectivity index (χ1) is 10.3. The number of ketones is 1. The number of hydrogen-bond donors (Lipinski definition) is 0. The topological polar surface area (TPSA) is 86.7 Å². The fourth-order valence-corrected chi connectivity index (χ4v) is 7.33. The molecule has 0 aromatic heterocycles. The van der Waals surface area contributed by atoms with Crippen molar-refractivity contribution in [2.75, 3.05) is 0 Å². The Hall–Kier alpha value is -0.860. The van der Waals surface area contributed by atoms with Crippen LogP contribution in [0.4, 0.5) is 0 Å². The Morgan fingerprint density at radius 2 is 2.09 bits per heavy atom. The number of ether oxygens (including phenoxy) is 1. The van der Waals surface area contributed by atoms with E-state index in [-0.39, 0.29) is 29.1 Å². The molecular weight excluding hydrogens is 328 g/mol. The first-order valence-corrected chi connectivity index (χ1v) is 9.67. The molecule has 6 nitrogen and oxygen atoms in total. The molecule has 0 radical (unpaired) electrons. The third-order valence-corrected chi connectivity index (χ3v) is 7.93. The van der Waals surface area contributed by atoms with E-state index >= 15 is 0 Å². The summed E-state index contributed by atoms with van der Waals surface area (Å²) in [6, 6.07) is 0. The van der Waals surface area contributed by atoms with Crippen molar-refractivity contribution in [2.24, 2.45) is 0 Å². The Balaban J connectivity index is 1.51. The largest absolute Gasteiger partial charge is 0.458 e. The molecule has 0 amide bonds. The number of carbonyl (C=O) groups is 2. The molecule has 0 aromatic rings. The van der Waals surface area contributed by atoms with E-state index in [0.717, 1.165) is 0 Å². The zero-order valence-corrected chi connectivity index (χ0v) is 13.8. The fraction of sp³-hybridized carbons (Fsp3) is 0.714. The minimum Gasteiger partial charge on any atom is -0.458 e. The summed E-state index contributed by atoms with van der Waals surface area (Å²) >= 11 is 1.55. The summed E-state index contributed by atoms with van der Waals surface area (Å²) < 4.78 is 34.2. The number of rotatable bonds is 6. The molecule has 3 saturated heterocycles. The molecule has 3 aliphatic rings. The number of thioether (sulfide) groups is 1. The number of carbonyl (C=O) groups excluding carboxylic acids is 2. The van der Waals surface area contributed by atoms with E-state index in [9.17, 15) is 18.0 Å². The van der Waals surface area contributed by atoms with Crippen molar-refractivity contribution in [3.8, 4) is 0 Å². The Morgan fingerprint density at radius 3 is 2.77 bits per heavy atom. The predicted molar refractivity (Wildman–Crippen MR) is 80.9 cm³/mol. The van der Waals surface area contributed by atoms with Gasteiger partial charge in [0.1, 0.15) is 17.5 Å². The number of Topliss-reactive ketones (excluding diaryl/α,β-unsaturated/α-hetero) is 1. The molecule has 122 valence electrons. The van der Waals surface area contributed by atoms with E-state index in [0.29, 0.717) is 18.4 Å². The van der Waals surface area contributed by atoms with E-state index in [1.807, 2.05) is 0 Å². The molecule has 5 atom stereocenters. The van der Waals surface area contributed by atoms with Crippen LogP contribution in [0.3, 0.4) is 0 Å². The molecule has 3 aliphatic heterocycles. The van der Waals surface area contributed by atoms with Gasteiger partial charge >= 0.3 is 5.97 Å². The Bertz CT molecular complexity index is 625. The van der Waals surface area contributed by atoms with E-state index in [1.165, 1.54) is 0 Å². The maximum absolute atomic E-state index is 11.9. The summed E-state index contributed by atoms with van der Waals surface area (Å²) in [5, 5.41) is -0.563. The van der Waals surface area contributed by atoms with Crippen molar-refractivity contribution in [2.45, 2.75) is 60.6 Å². The van der Waals surface area contributed by atoms with Crippen LogP contribution in [0.2, 0.25) is 0 Å². The third kappa shape index (κ3) is 2.72. The van der Waals surface area contributed by atoms with Crippen molar-refractivity contribution >= 4 is 33.6 Å². The predicted octanol–water partition coefficient (Wildman–Crippen LogP) is 1.20. The smallest absolute Gasteiger partial charge is 0.306 e. The number of allylic oxidation sites excluding steroid dienone is 1. The van der Waals surface area contributed by atoms with Crippen LogP contribution in [-0.2, 0) is 28.6 Å². The quantitative estimate of drug-likeness (QED) is 0.406. The summed E-state index contributed by atoms with van der Waals surface area (Å²) in [7, 11) is -3.50. The molecule has 8 heteroatoms. The van der Waals surface area contributed by atoms with Crippen LogP contribution >= 0.6 is 11.8 Å². The van der Waals surface area contributed by atoms with Gasteiger partial charge in [0.25, 0.3) is 10.1 Å². The molecule has 5 unspecified atom stereocenters. The lowest BCUT2D eigenvalue weighted by molar-refractivity contribution is -0.153. The van der Waals surface area contributed by atoms with Crippen molar-refractivity contribution in [1.82, 2.24) is 0 Å². The van der Waals surface area contributed by atoms with Gasteiger partial charge in [-0.25, -0.2) is 0 Å². The fourth-order valence-electron chi connectivity index (χ4n) is 3.19. The van der Waals surface area contributed by atoms with E-state index in [4.69, 9.17) is 8.92 Å².